The molecule has 136 valence electrons. The number of carboxylic acid groups (broad SMARTS) is 1. The fourth-order valence-corrected chi connectivity index (χ4v) is 4.32. The van der Waals surface area contributed by atoms with Crippen LogP contribution in [0.25, 0.3) is 0 Å². The van der Waals surface area contributed by atoms with Gasteiger partial charge in [0.2, 0.25) is 0 Å². The minimum atomic E-state index is -4.96. The SMILES string of the molecule is O=C(O)C1C[C@@H](C2CCNC[C@H]2F)C2CN1C(=O)N2OS(=O)(=O)O. The maximum Gasteiger partial charge on any atom is 0.418 e. The molecule has 0 spiro atoms. The third-order valence-corrected chi connectivity index (χ3v) is 5.30. The van der Waals surface area contributed by atoms with E-state index in [0.717, 1.165) is 4.90 Å². The lowest BCUT2D eigenvalue weighted by Crippen LogP contribution is -2.53. The number of alkyl halides is 1. The molecule has 3 rings (SSSR count). The second kappa shape index (κ2) is 6.10. The third-order valence-electron chi connectivity index (χ3n) is 4.95. The van der Waals surface area contributed by atoms with E-state index >= 15 is 0 Å². The number of hydroxylamine groups is 2. The third kappa shape index (κ3) is 3.06. The number of carboxylic acids is 1. The summed E-state index contributed by atoms with van der Waals surface area (Å²) in [6, 6.07) is -2.98. The molecule has 0 aromatic rings. The van der Waals surface area contributed by atoms with Crippen molar-refractivity contribution in [3.05, 3.63) is 0 Å². The number of hydrogen-bond donors (Lipinski definition) is 3. The van der Waals surface area contributed by atoms with Crippen molar-refractivity contribution in [2.75, 3.05) is 19.6 Å². The predicted octanol–water partition coefficient (Wildman–Crippen LogP) is -0.752. The van der Waals surface area contributed by atoms with Crippen molar-refractivity contribution in [2.24, 2.45) is 11.8 Å². The van der Waals surface area contributed by atoms with E-state index < -0.39 is 52.5 Å². The van der Waals surface area contributed by atoms with Crippen LogP contribution < -0.4 is 5.32 Å². The molecule has 3 fully saturated rings. The van der Waals surface area contributed by atoms with Crippen molar-refractivity contribution in [1.29, 1.82) is 0 Å². The zero-order valence-electron chi connectivity index (χ0n) is 12.5. The molecule has 3 unspecified atom stereocenters. The Morgan fingerprint density at radius 3 is 2.67 bits per heavy atom. The van der Waals surface area contributed by atoms with Gasteiger partial charge in [0.15, 0.2) is 0 Å². The molecule has 12 heteroatoms. The van der Waals surface area contributed by atoms with Gasteiger partial charge in [0, 0.05) is 13.1 Å². The van der Waals surface area contributed by atoms with Gasteiger partial charge in [-0.05, 0) is 31.2 Å². The first kappa shape index (κ1) is 17.3. The van der Waals surface area contributed by atoms with Crippen LogP contribution in [-0.4, -0.2) is 77.9 Å². The highest BCUT2D eigenvalue weighted by molar-refractivity contribution is 7.80. The molecular weight excluding hydrogens is 349 g/mol. The number of piperidine rings is 2. The molecule has 3 heterocycles. The number of carbonyl (C=O) groups is 2. The van der Waals surface area contributed by atoms with E-state index in [1.54, 1.807) is 0 Å². The highest BCUT2D eigenvalue weighted by atomic mass is 32.3. The lowest BCUT2D eigenvalue weighted by molar-refractivity contribution is -0.144. The molecule has 2 amide bonds. The minimum Gasteiger partial charge on any atom is -0.480 e. The Labute approximate surface area is 137 Å². The van der Waals surface area contributed by atoms with Crippen LogP contribution in [0.5, 0.6) is 0 Å². The van der Waals surface area contributed by atoms with Crippen LogP contribution in [0.2, 0.25) is 0 Å². The average molecular weight is 367 g/mol. The number of hydrogen-bond acceptors (Lipinski definition) is 6. The lowest BCUT2D eigenvalue weighted by Gasteiger charge is -2.41. The van der Waals surface area contributed by atoms with Crippen LogP contribution in [0, 0.1) is 11.8 Å². The molecule has 0 aromatic heterocycles. The first-order valence-electron chi connectivity index (χ1n) is 7.53. The van der Waals surface area contributed by atoms with Gasteiger partial charge in [-0.1, -0.05) is 0 Å². The fraction of sp³-hybridized carbons (Fsp3) is 0.833. The average Bonchev–Trinajstić information content (AvgIpc) is 2.73. The summed E-state index contributed by atoms with van der Waals surface area (Å²) in [6.07, 6.45) is -0.807. The summed E-state index contributed by atoms with van der Waals surface area (Å²) in [6.45, 7) is 0.567. The molecule has 24 heavy (non-hydrogen) atoms. The summed E-state index contributed by atoms with van der Waals surface area (Å²) in [4.78, 5) is 24.7. The molecule has 10 nitrogen and oxygen atoms in total. The first-order valence-corrected chi connectivity index (χ1v) is 8.90. The topological polar surface area (TPSA) is 136 Å². The van der Waals surface area contributed by atoms with E-state index in [1.165, 1.54) is 0 Å². The summed E-state index contributed by atoms with van der Waals surface area (Å²) in [7, 11) is -4.96. The Morgan fingerprint density at radius 1 is 1.38 bits per heavy atom. The number of carbonyl (C=O) groups excluding carboxylic acids is 1. The van der Waals surface area contributed by atoms with Crippen molar-refractivity contribution in [3.8, 4) is 0 Å². The van der Waals surface area contributed by atoms with E-state index in [1.807, 2.05) is 0 Å². The van der Waals surface area contributed by atoms with Gasteiger partial charge < -0.3 is 15.3 Å². The van der Waals surface area contributed by atoms with Gasteiger partial charge in [0.1, 0.15) is 12.2 Å². The van der Waals surface area contributed by atoms with Crippen molar-refractivity contribution < 1.29 is 36.3 Å². The van der Waals surface area contributed by atoms with Gasteiger partial charge in [-0.25, -0.2) is 14.0 Å². The zero-order chi connectivity index (χ0) is 17.6. The molecule has 0 radical (unpaired) electrons. The Bertz CT molecular complexity index is 645. The zero-order valence-corrected chi connectivity index (χ0v) is 13.4. The molecule has 0 aliphatic carbocycles. The van der Waals surface area contributed by atoms with Gasteiger partial charge in [-0.2, -0.15) is 13.5 Å². The standard InChI is InChI=1S/C12H18FN3O7S/c13-8-4-14-2-1-6(8)7-3-9(11(17)18)15-5-10(7)16(12(15)19)23-24(20,21)22/h6-10,14H,1-5H2,(H,17,18)(H,20,21,22)/t6?,7-,8+,9?,10?/m0/s1. The van der Waals surface area contributed by atoms with Gasteiger partial charge >= 0.3 is 22.4 Å². The summed E-state index contributed by atoms with van der Waals surface area (Å²) < 4.78 is 49.5. The van der Waals surface area contributed by atoms with Crippen LogP contribution in [0.4, 0.5) is 9.18 Å². The predicted molar refractivity (Wildman–Crippen MR) is 75.8 cm³/mol. The number of amides is 2. The number of fused-ring (bicyclic) bond motifs is 2. The first-order chi connectivity index (χ1) is 11.2. The second-order valence-electron chi connectivity index (χ2n) is 6.26. The van der Waals surface area contributed by atoms with Gasteiger partial charge in [-0.15, -0.1) is 4.28 Å². The van der Waals surface area contributed by atoms with Crippen molar-refractivity contribution in [1.82, 2.24) is 15.3 Å². The van der Waals surface area contributed by atoms with Crippen LogP contribution >= 0.6 is 0 Å². The normalized spacial score (nSPS) is 36.9. The van der Waals surface area contributed by atoms with Gasteiger partial charge in [-0.3, -0.25) is 4.55 Å². The monoisotopic (exact) mass is 367 g/mol. The highest BCUT2D eigenvalue weighted by Crippen LogP contribution is 2.41. The van der Waals surface area contributed by atoms with E-state index in [-0.39, 0.29) is 19.5 Å². The Morgan fingerprint density at radius 2 is 2.08 bits per heavy atom. The van der Waals surface area contributed by atoms with Crippen LogP contribution in [0.15, 0.2) is 0 Å². The summed E-state index contributed by atoms with van der Waals surface area (Å²) in [5, 5.41) is 12.7. The molecule has 0 saturated carbocycles. The summed E-state index contributed by atoms with van der Waals surface area (Å²) >= 11 is 0. The van der Waals surface area contributed by atoms with E-state index in [9.17, 15) is 27.5 Å². The van der Waals surface area contributed by atoms with Crippen molar-refractivity contribution >= 4 is 22.4 Å². The Hall–Kier alpha value is -1.50. The number of nitrogens with zero attached hydrogens (tertiary/aromatic N) is 2. The van der Waals surface area contributed by atoms with Gasteiger partial charge in [0.05, 0.1) is 6.04 Å². The molecule has 3 aliphatic rings. The number of rotatable bonds is 4. The van der Waals surface area contributed by atoms with Crippen molar-refractivity contribution in [3.63, 3.8) is 0 Å². The summed E-state index contributed by atoms with van der Waals surface area (Å²) in [5.74, 6) is -2.36. The molecular formula is C12H18FN3O7S. The number of urea groups is 1. The molecule has 3 aliphatic heterocycles. The van der Waals surface area contributed by atoms with E-state index in [2.05, 4.69) is 9.60 Å². The highest BCUT2D eigenvalue weighted by Gasteiger charge is 2.56. The molecule has 3 saturated heterocycles. The largest absolute Gasteiger partial charge is 0.480 e. The quantitative estimate of drug-likeness (QED) is 0.552. The number of nitrogens with one attached hydrogen (secondary N) is 1. The smallest absolute Gasteiger partial charge is 0.418 e. The van der Waals surface area contributed by atoms with Crippen molar-refractivity contribution in [2.45, 2.75) is 31.1 Å². The van der Waals surface area contributed by atoms with Gasteiger partial charge in [0.25, 0.3) is 0 Å². The Kier molecular flexibility index (Phi) is 4.40. The molecule has 3 N–H and O–H groups in total. The van der Waals surface area contributed by atoms with Crippen LogP contribution in [0.1, 0.15) is 12.8 Å². The molecule has 5 atom stereocenters. The second-order valence-corrected chi connectivity index (χ2v) is 7.26. The fourth-order valence-electron chi connectivity index (χ4n) is 3.94. The van der Waals surface area contributed by atoms with E-state index in [0.29, 0.717) is 18.0 Å². The van der Waals surface area contributed by atoms with Crippen LogP contribution in [0.3, 0.4) is 0 Å². The summed E-state index contributed by atoms with van der Waals surface area (Å²) in [5.41, 5.74) is 0. The van der Waals surface area contributed by atoms with E-state index in [4.69, 9.17) is 4.55 Å². The number of halogens is 1. The molecule has 0 aromatic carbocycles. The van der Waals surface area contributed by atoms with Crippen LogP contribution in [-0.2, 0) is 19.5 Å². The lowest BCUT2D eigenvalue weighted by atomic mass is 9.74. The maximum atomic E-state index is 14.3. The minimum absolute atomic E-state index is 0.00215. The number of aliphatic carboxylic acids is 1. The Balaban J connectivity index is 1.92. The molecule has 2 bridgehead atoms. The maximum absolute atomic E-state index is 14.3.